The molecule has 32 heavy (non-hydrogen) atoms. The number of Topliss-reactive ketones (excluding diaryl/α,β-unsaturated/α-hetero) is 1. The SMILES string of the molecule is COc1ccccc1-c1noc(-c2cc(C(F)(F)F)n(CC(C)=O)n2)c1-c1ccncn1. The number of nitrogens with zero attached hydrogens (tertiary/aromatic N) is 5. The topological polar surface area (TPSA) is 95.9 Å². The van der Waals surface area contributed by atoms with Crippen molar-refractivity contribution in [1.82, 2.24) is 24.9 Å². The van der Waals surface area contributed by atoms with Gasteiger partial charge in [0.2, 0.25) is 0 Å². The highest BCUT2D eigenvalue weighted by Crippen LogP contribution is 2.42. The summed E-state index contributed by atoms with van der Waals surface area (Å²) < 4.78 is 52.2. The number of halogens is 3. The van der Waals surface area contributed by atoms with E-state index in [2.05, 4.69) is 20.2 Å². The number of ketones is 1. The van der Waals surface area contributed by atoms with Crippen LogP contribution in [0.3, 0.4) is 0 Å². The van der Waals surface area contributed by atoms with Gasteiger partial charge in [0.25, 0.3) is 0 Å². The Morgan fingerprint density at radius 2 is 1.97 bits per heavy atom. The summed E-state index contributed by atoms with van der Waals surface area (Å²) in [6.45, 7) is 0.646. The van der Waals surface area contributed by atoms with Crippen molar-refractivity contribution in [3.63, 3.8) is 0 Å². The molecular formula is C21H16F3N5O3. The van der Waals surface area contributed by atoms with Gasteiger partial charge in [-0.25, -0.2) is 9.97 Å². The lowest BCUT2D eigenvalue weighted by molar-refractivity contribution is -0.144. The van der Waals surface area contributed by atoms with Gasteiger partial charge in [-0.3, -0.25) is 9.48 Å². The monoisotopic (exact) mass is 443 g/mol. The minimum atomic E-state index is -4.72. The Morgan fingerprint density at radius 1 is 1.19 bits per heavy atom. The van der Waals surface area contributed by atoms with Crippen LogP contribution in [0, 0.1) is 0 Å². The lowest BCUT2D eigenvalue weighted by Gasteiger charge is -2.07. The number of aromatic nitrogens is 5. The zero-order valence-electron chi connectivity index (χ0n) is 16.9. The molecule has 3 aromatic heterocycles. The molecule has 0 saturated heterocycles. The molecule has 0 unspecified atom stereocenters. The molecule has 0 aliphatic carbocycles. The quantitative estimate of drug-likeness (QED) is 0.439. The number of benzene rings is 1. The van der Waals surface area contributed by atoms with Crippen molar-refractivity contribution in [3.05, 3.63) is 54.6 Å². The summed E-state index contributed by atoms with van der Waals surface area (Å²) in [7, 11) is 1.49. The van der Waals surface area contributed by atoms with Crippen molar-refractivity contribution in [2.75, 3.05) is 7.11 Å². The first-order valence-electron chi connectivity index (χ1n) is 9.34. The molecule has 0 amide bonds. The molecule has 0 radical (unpaired) electrons. The molecule has 0 atom stereocenters. The number of hydrogen-bond acceptors (Lipinski definition) is 7. The lowest BCUT2D eigenvalue weighted by Crippen LogP contribution is -2.17. The molecule has 0 aliphatic rings. The fraction of sp³-hybridized carbons (Fsp3) is 0.190. The predicted octanol–water partition coefficient (Wildman–Crippen LogP) is 4.28. The van der Waals surface area contributed by atoms with E-state index in [0.29, 0.717) is 32.9 Å². The molecule has 8 nitrogen and oxygen atoms in total. The second-order valence-corrected chi connectivity index (χ2v) is 6.80. The normalized spacial score (nSPS) is 11.5. The Bertz CT molecular complexity index is 1270. The maximum atomic E-state index is 13.6. The summed E-state index contributed by atoms with van der Waals surface area (Å²) in [6, 6.07) is 9.38. The number of hydrogen-bond donors (Lipinski definition) is 0. The fourth-order valence-corrected chi connectivity index (χ4v) is 3.25. The Kier molecular flexibility index (Phi) is 5.47. The molecule has 0 aliphatic heterocycles. The third kappa shape index (κ3) is 3.96. The van der Waals surface area contributed by atoms with Gasteiger partial charge in [-0.1, -0.05) is 17.3 Å². The summed E-state index contributed by atoms with van der Waals surface area (Å²) in [5.74, 6) is -0.0217. The van der Waals surface area contributed by atoms with Crippen LogP contribution in [0.15, 0.2) is 53.4 Å². The van der Waals surface area contributed by atoms with Gasteiger partial charge in [0.1, 0.15) is 29.2 Å². The Morgan fingerprint density at radius 3 is 2.62 bits per heavy atom. The van der Waals surface area contributed by atoms with E-state index in [1.54, 1.807) is 30.3 Å². The lowest BCUT2D eigenvalue weighted by atomic mass is 10.0. The van der Waals surface area contributed by atoms with Crippen molar-refractivity contribution in [2.45, 2.75) is 19.6 Å². The van der Waals surface area contributed by atoms with Gasteiger partial charge in [0.05, 0.1) is 24.9 Å². The number of carbonyl (C=O) groups excluding carboxylic acids is 1. The summed E-state index contributed by atoms with van der Waals surface area (Å²) >= 11 is 0. The third-order valence-corrected chi connectivity index (χ3v) is 4.57. The number of methoxy groups -OCH3 is 1. The summed E-state index contributed by atoms with van der Waals surface area (Å²) in [5.41, 5.74) is 0.334. The first-order valence-corrected chi connectivity index (χ1v) is 9.34. The Balaban J connectivity index is 1.96. The van der Waals surface area contributed by atoms with Crippen molar-refractivity contribution >= 4 is 5.78 Å². The Labute approximate surface area is 179 Å². The van der Waals surface area contributed by atoms with Crippen LogP contribution in [0.4, 0.5) is 13.2 Å². The van der Waals surface area contributed by atoms with Crippen LogP contribution in [0.5, 0.6) is 5.75 Å². The minimum absolute atomic E-state index is 0.0302. The zero-order chi connectivity index (χ0) is 22.9. The largest absolute Gasteiger partial charge is 0.496 e. The first kappa shape index (κ1) is 21.2. The molecule has 0 bridgehead atoms. The molecule has 0 saturated carbocycles. The minimum Gasteiger partial charge on any atom is -0.496 e. The molecule has 0 fully saturated rings. The van der Waals surface area contributed by atoms with E-state index in [1.165, 1.54) is 26.6 Å². The van der Waals surface area contributed by atoms with Crippen LogP contribution < -0.4 is 4.74 Å². The maximum Gasteiger partial charge on any atom is 0.433 e. The third-order valence-electron chi connectivity index (χ3n) is 4.57. The molecule has 11 heteroatoms. The second kappa shape index (κ2) is 8.25. The average molecular weight is 443 g/mol. The molecule has 4 rings (SSSR count). The van der Waals surface area contributed by atoms with Gasteiger partial charge < -0.3 is 9.26 Å². The predicted molar refractivity (Wildman–Crippen MR) is 106 cm³/mol. The highest BCUT2D eigenvalue weighted by molar-refractivity contribution is 5.89. The van der Waals surface area contributed by atoms with Crippen LogP contribution >= 0.6 is 0 Å². The highest BCUT2D eigenvalue weighted by atomic mass is 19.4. The molecule has 1 aromatic carbocycles. The fourth-order valence-electron chi connectivity index (χ4n) is 3.25. The highest BCUT2D eigenvalue weighted by Gasteiger charge is 2.37. The molecule has 164 valence electrons. The summed E-state index contributed by atoms with van der Waals surface area (Å²) in [6.07, 6.45) is -1.94. The van der Waals surface area contributed by atoms with Crippen LogP contribution in [-0.2, 0) is 17.5 Å². The molecule has 4 aromatic rings. The van der Waals surface area contributed by atoms with Gasteiger partial charge in [-0.15, -0.1) is 0 Å². The van der Waals surface area contributed by atoms with E-state index < -0.39 is 24.2 Å². The number of carbonyl (C=O) groups is 1. The van der Waals surface area contributed by atoms with Crippen LogP contribution in [-0.4, -0.2) is 37.8 Å². The molecule has 3 heterocycles. The number of ether oxygens (including phenoxy) is 1. The first-order chi connectivity index (χ1) is 15.3. The smallest absolute Gasteiger partial charge is 0.433 e. The molecular weight excluding hydrogens is 427 g/mol. The number of alkyl halides is 3. The molecule has 0 spiro atoms. The van der Waals surface area contributed by atoms with Gasteiger partial charge >= 0.3 is 6.18 Å². The Hall–Kier alpha value is -4.02. The van der Waals surface area contributed by atoms with Gasteiger partial charge in [0.15, 0.2) is 11.5 Å². The van der Waals surface area contributed by atoms with Gasteiger partial charge in [0, 0.05) is 11.8 Å². The van der Waals surface area contributed by atoms with E-state index in [9.17, 15) is 18.0 Å². The van der Waals surface area contributed by atoms with E-state index >= 15 is 0 Å². The van der Waals surface area contributed by atoms with E-state index in [4.69, 9.17) is 9.26 Å². The maximum absolute atomic E-state index is 13.6. The van der Waals surface area contributed by atoms with Crippen LogP contribution in [0.25, 0.3) is 34.0 Å². The molecule has 0 N–H and O–H groups in total. The van der Waals surface area contributed by atoms with Crippen LogP contribution in [0.1, 0.15) is 12.6 Å². The summed E-state index contributed by atoms with van der Waals surface area (Å²) in [5, 5.41) is 8.09. The van der Waals surface area contributed by atoms with Crippen molar-refractivity contribution in [3.8, 4) is 39.7 Å². The van der Waals surface area contributed by atoms with Crippen molar-refractivity contribution in [1.29, 1.82) is 0 Å². The van der Waals surface area contributed by atoms with Crippen molar-refractivity contribution < 1.29 is 27.2 Å². The van der Waals surface area contributed by atoms with E-state index in [1.807, 2.05) is 0 Å². The zero-order valence-corrected chi connectivity index (χ0v) is 16.9. The standard InChI is InChI=1S/C21H16F3N5O3/c1-12(30)10-29-17(21(22,23)24)9-15(27-29)20-18(14-7-8-25-11-26-14)19(28-32-20)13-5-3-4-6-16(13)31-2/h3-9,11H,10H2,1-2H3. The summed E-state index contributed by atoms with van der Waals surface area (Å²) in [4.78, 5) is 19.6. The van der Waals surface area contributed by atoms with Crippen molar-refractivity contribution in [2.24, 2.45) is 0 Å². The number of rotatable bonds is 6. The van der Waals surface area contributed by atoms with Gasteiger partial charge in [-0.2, -0.15) is 18.3 Å². The van der Waals surface area contributed by atoms with E-state index in [-0.39, 0.29) is 11.5 Å². The second-order valence-electron chi connectivity index (χ2n) is 6.80. The number of para-hydroxylation sites is 1. The van der Waals surface area contributed by atoms with Gasteiger partial charge in [-0.05, 0) is 31.2 Å². The van der Waals surface area contributed by atoms with Crippen LogP contribution in [0.2, 0.25) is 0 Å². The average Bonchev–Trinajstić information content (AvgIpc) is 3.38. The van der Waals surface area contributed by atoms with E-state index in [0.717, 1.165) is 6.07 Å².